The van der Waals surface area contributed by atoms with Crippen molar-refractivity contribution in [2.24, 2.45) is 0 Å². The summed E-state index contributed by atoms with van der Waals surface area (Å²) >= 11 is 0. The maximum atomic E-state index is 12.5. The van der Waals surface area contributed by atoms with E-state index in [4.69, 9.17) is 4.42 Å². The number of hydrogen-bond donors (Lipinski definition) is 1. The van der Waals surface area contributed by atoms with Crippen molar-refractivity contribution in [3.8, 4) is 5.69 Å². The Balaban J connectivity index is 1.35. The van der Waals surface area contributed by atoms with E-state index >= 15 is 0 Å². The second kappa shape index (κ2) is 5.84. The molecule has 1 saturated carbocycles. The summed E-state index contributed by atoms with van der Waals surface area (Å²) in [5, 5.41) is 7.09. The largest absolute Gasteiger partial charge is 0.440 e. The highest BCUT2D eigenvalue weighted by Crippen LogP contribution is 2.40. The smallest absolute Gasteiger partial charge is 0.255 e. The van der Waals surface area contributed by atoms with Crippen LogP contribution in [0.5, 0.6) is 0 Å². The van der Waals surface area contributed by atoms with Crippen molar-refractivity contribution in [2.45, 2.75) is 18.8 Å². The minimum absolute atomic E-state index is 0.165. The van der Waals surface area contributed by atoms with Gasteiger partial charge in [0.05, 0.1) is 5.69 Å². The summed E-state index contributed by atoms with van der Waals surface area (Å²) in [7, 11) is 0. The number of hydrogen-bond acceptors (Lipinski definition) is 4. The minimum atomic E-state index is -0.165. The zero-order chi connectivity index (χ0) is 17.5. The van der Waals surface area contributed by atoms with Gasteiger partial charge in [-0.05, 0) is 61.4 Å². The summed E-state index contributed by atoms with van der Waals surface area (Å²) in [6, 6.07) is 14.7. The highest BCUT2D eigenvalue weighted by molar-refractivity contribution is 6.05. The van der Waals surface area contributed by atoms with Crippen LogP contribution in [0.3, 0.4) is 0 Å². The summed E-state index contributed by atoms with van der Waals surface area (Å²) in [6.07, 6.45) is 5.86. The molecule has 1 aliphatic rings. The molecule has 5 rings (SSSR count). The first kappa shape index (κ1) is 14.9. The van der Waals surface area contributed by atoms with Gasteiger partial charge in [-0.1, -0.05) is 0 Å². The number of amides is 1. The molecule has 0 spiro atoms. The number of aromatic nitrogens is 3. The number of carbonyl (C=O) groups is 1. The van der Waals surface area contributed by atoms with Gasteiger partial charge < -0.3 is 9.73 Å². The fourth-order valence-corrected chi connectivity index (χ4v) is 2.92. The Morgan fingerprint density at radius 2 is 2.00 bits per heavy atom. The van der Waals surface area contributed by atoms with Crippen LogP contribution in [0.2, 0.25) is 0 Å². The summed E-state index contributed by atoms with van der Waals surface area (Å²) in [5.41, 5.74) is 3.73. The second-order valence-electron chi connectivity index (χ2n) is 6.46. The number of nitrogens with zero attached hydrogens (tertiary/aromatic N) is 3. The van der Waals surface area contributed by atoms with Gasteiger partial charge in [0.1, 0.15) is 5.52 Å². The van der Waals surface area contributed by atoms with E-state index in [0.717, 1.165) is 35.5 Å². The predicted octanol–water partition coefficient (Wildman–Crippen LogP) is 4.14. The predicted molar refractivity (Wildman–Crippen MR) is 97.5 cm³/mol. The van der Waals surface area contributed by atoms with Crippen LogP contribution in [-0.4, -0.2) is 20.7 Å². The standard InChI is InChI=1S/C20H16N4O2/c25-19(13-4-7-16(8-5-13)24-11-1-10-21-24)22-15-6-9-18-17(12-15)23-20(26-18)14-2-3-14/h1,4-12,14H,2-3H2,(H,22,25). The Morgan fingerprint density at radius 1 is 1.15 bits per heavy atom. The molecule has 128 valence electrons. The van der Waals surface area contributed by atoms with Crippen molar-refractivity contribution in [2.75, 3.05) is 5.32 Å². The molecule has 1 aliphatic carbocycles. The summed E-state index contributed by atoms with van der Waals surface area (Å²) in [5.74, 6) is 1.11. The van der Waals surface area contributed by atoms with Crippen molar-refractivity contribution in [3.63, 3.8) is 0 Å². The fraction of sp³-hybridized carbons (Fsp3) is 0.150. The summed E-state index contributed by atoms with van der Waals surface area (Å²) < 4.78 is 7.50. The third kappa shape index (κ3) is 2.75. The molecule has 1 fully saturated rings. The summed E-state index contributed by atoms with van der Waals surface area (Å²) in [6.45, 7) is 0. The quantitative estimate of drug-likeness (QED) is 0.604. The number of oxazole rings is 1. The Morgan fingerprint density at radius 3 is 2.73 bits per heavy atom. The molecule has 0 aliphatic heterocycles. The molecular weight excluding hydrogens is 328 g/mol. The maximum Gasteiger partial charge on any atom is 0.255 e. The lowest BCUT2D eigenvalue weighted by atomic mass is 10.2. The monoisotopic (exact) mass is 344 g/mol. The molecule has 6 heteroatoms. The second-order valence-corrected chi connectivity index (χ2v) is 6.46. The molecule has 4 aromatic rings. The Hall–Kier alpha value is -3.41. The number of benzene rings is 2. The van der Waals surface area contributed by atoms with E-state index in [2.05, 4.69) is 15.4 Å². The van der Waals surface area contributed by atoms with Gasteiger partial charge in [0.15, 0.2) is 11.5 Å². The van der Waals surface area contributed by atoms with Crippen molar-refractivity contribution >= 4 is 22.7 Å². The van der Waals surface area contributed by atoms with Crippen molar-refractivity contribution < 1.29 is 9.21 Å². The molecule has 2 aromatic heterocycles. The SMILES string of the molecule is O=C(Nc1ccc2oc(C3CC3)nc2c1)c1ccc(-n2cccn2)cc1. The molecule has 26 heavy (non-hydrogen) atoms. The highest BCUT2D eigenvalue weighted by atomic mass is 16.3. The number of nitrogens with one attached hydrogen (secondary N) is 1. The molecule has 6 nitrogen and oxygen atoms in total. The van der Waals surface area contributed by atoms with E-state index in [9.17, 15) is 4.79 Å². The van der Waals surface area contributed by atoms with E-state index in [1.54, 1.807) is 23.0 Å². The normalized spacial score (nSPS) is 13.8. The molecule has 2 aromatic carbocycles. The molecule has 2 heterocycles. The molecular formula is C20H16N4O2. The molecule has 0 radical (unpaired) electrons. The Kier molecular flexibility index (Phi) is 3.35. The lowest BCUT2D eigenvalue weighted by Gasteiger charge is -2.06. The van der Waals surface area contributed by atoms with E-state index in [1.807, 2.05) is 42.6 Å². The van der Waals surface area contributed by atoms with Gasteiger partial charge in [-0.2, -0.15) is 5.10 Å². The topological polar surface area (TPSA) is 73.0 Å². The van der Waals surface area contributed by atoms with Gasteiger partial charge in [0.2, 0.25) is 0 Å². The van der Waals surface area contributed by atoms with Gasteiger partial charge in [0, 0.05) is 29.6 Å². The van der Waals surface area contributed by atoms with Crippen LogP contribution in [0.25, 0.3) is 16.8 Å². The van der Waals surface area contributed by atoms with Crippen LogP contribution < -0.4 is 5.32 Å². The van der Waals surface area contributed by atoms with Crippen molar-refractivity contribution in [3.05, 3.63) is 72.4 Å². The van der Waals surface area contributed by atoms with Gasteiger partial charge >= 0.3 is 0 Å². The fourth-order valence-electron chi connectivity index (χ4n) is 2.92. The van der Waals surface area contributed by atoms with Crippen LogP contribution >= 0.6 is 0 Å². The maximum absolute atomic E-state index is 12.5. The number of rotatable bonds is 4. The van der Waals surface area contributed by atoms with Crippen LogP contribution in [0.4, 0.5) is 5.69 Å². The van der Waals surface area contributed by atoms with E-state index < -0.39 is 0 Å². The van der Waals surface area contributed by atoms with Crippen LogP contribution in [0.15, 0.2) is 65.3 Å². The molecule has 0 saturated heterocycles. The van der Waals surface area contributed by atoms with E-state index in [-0.39, 0.29) is 5.91 Å². The zero-order valence-electron chi connectivity index (χ0n) is 13.9. The Bertz CT molecular complexity index is 1080. The first-order valence-corrected chi connectivity index (χ1v) is 8.58. The van der Waals surface area contributed by atoms with Gasteiger partial charge in [-0.15, -0.1) is 0 Å². The third-order valence-corrected chi connectivity index (χ3v) is 4.49. The molecule has 1 N–H and O–H groups in total. The van der Waals surface area contributed by atoms with Gasteiger partial charge in [-0.3, -0.25) is 4.79 Å². The summed E-state index contributed by atoms with van der Waals surface area (Å²) in [4.78, 5) is 17.0. The molecule has 0 atom stereocenters. The van der Waals surface area contributed by atoms with Crippen LogP contribution in [0.1, 0.15) is 35.0 Å². The zero-order valence-corrected chi connectivity index (χ0v) is 13.9. The lowest BCUT2D eigenvalue weighted by Crippen LogP contribution is -2.11. The minimum Gasteiger partial charge on any atom is -0.440 e. The lowest BCUT2D eigenvalue weighted by molar-refractivity contribution is 0.102. The molecule has 0 bridgehead atoms. The van der Waals surface area contributed by atoms with Crippen LogP contribution in [-0.2, 0) is 0 Å². The first-order valence-electron chi connectivity index (χ1n) is 8.58. The van der Waals surface area contributed by atoms with Gasteiger partial charge in [-0.25, -0.2) is 9.67 Å². The van der Waals surface area contributed by atoms with Crippen molar-refractivity contribution in [1.29, 1.82) is 0 Å². The average Bonchev–Trinajstić information content (AvgIpc) is 3.20. The average molecular weight is 344 g/mol. The first-order chi connectivity index (χ1) is 12.8. The van der Waals surface area contributed by atoms with E-state index in [0.29, 0.717) is 17.2 Å². The van der Waals surface area contributed by atoms with Crippen molar-refractivity contribution in [1.82, 2.24) is 14.8 Å². The van der Waals surface area contributed by atoms with Crippen LogP contribution in [0, 0.1) is 0 Å². The number of fused-ring (bicyclic) bond motifs is 1. The highest BCUT2D eigenvalue weighted by Gasteiger charge is 2.28. The van der Waals surface area contributed by atoms with E-state index in [1.165, 1.54) is 0 Å². The number of carbonyl (C=O) groups excluding carboxylic acids is 1. The number of anilines is 1. The molecule has 1 amide bonds. The third-order valence-electron chi connectivity index (χ3n) is 4.49. The molecule has 0 unspecified atom stereocenters. The van der Waals surface area contributed by atoms with Gasteiger partial charge in [0.25, 0.3) is 5.91 Å². The Labute approximate surface area is 149 Å².